The van der Waals surface area contributed by atoms with Crippen LogP contribution in [0, 0.1) is 11.8 Å². The number of ether oxygens (including phenoxy) is 2. The summed E-state index contributed by atoms with van der Waals surface area (Å²) in [5.74, 6) is 0.142. The van der Waals surface area contributed by atoms with Gasteiger partial charge in [0.15, 0.2) is 6.29 Å². The van der Waals surface area contributed by atoms with Crippen molar-refractivity contribution >= 4 is 5.78 Å². The molecule has 3 heteroatoms. The fourth-order valence-electron chi connectivity index (χ4n) is 1.32. The number of ketones is 1. The topological polar surface area (TPSA) is 35.5 Å². The lowest BCUT2D eigenvalue weighted by Crippen LogP contribution is -2.41. The maximum absolute atomic E-state index is 11.3. The van der Waals surface area contributed by atoms with Crippen molar-refractivity contribution in [1.82, 2.24) is 0 Å². The molecular formula is C8H14O3. The highest BCUT2D eigenvalue weighted by Crippen LogP contribution is 2.21. The van der Waals surface area contributed by atoms with Gasteiger partial charge in [-0.05, 0) is 0 Å². The molecule has 0 unspecified atom stereocenters. The Bertz CT molecular complexity index is 155. The van der Waals surface area contributed by atoms with Crippen molar-refractivity contribution in [3.8, 4) is 0 Å². The van der Waals surface area contributed by atoms with E-state index in [4.69, 9.17) is 9.47 Å². The number of hydrogen-bond acceptors (Lipinski definition) is 3. The normalized spacial score (nSPS) is 39.2. The highest BCUT2D eigenvalue weighted by atomic mass is 16.7. The SMILES string of the molecule is CO[C@@H]1OC[C@@H](C)C(=O)[C@H]1C. The van der Waals surface area contributed by atoms with Gasteiger partial charge in [0.1, 0.15) is 5.78 Å². The summed E-state index contributed by atoms with van der Waals surface area (Å²) in [4.78, 5) is 11.3. The van der Waals surface area contributed by atoms with Gasteiger partial charge in [-0.3, -0.25) is 4.79 Å². The van der Waals surface area contributed by atoms with Crippen LogP contribution in [0.4, 0.5) is 0 Å². The second kappa shape index (κ2) is 3.32. The highest BCUT2D eigenvalue weighted by molar-refractivity contribution is 5.83. The van der Waals surface area contributed by atoms with Gasteiger partial charge in [-0.25, -0.2) is 0 Å². The van der Waals surface area contributed by atoms with E-state index in [9.17, 15) is 4.79 Å². The van der Waals surface area contributed by atoms with Crippen LogP contribution in [0.15, 0.2) is 0 Å². The van der Waals surface area contributed by atoms with Gasteiger partial charge >= 0.3 is 0 Å². The molecule has 0 saturated carbocycles. The standard InChI is InChI=1S/C8H14O3/c1-5-4-11-8(10-3)6(2)7(5)9/h5-6,8H,4H2,1-3H3/t5-,6-,8-/m1/s1. The summed E-state index contributed by atoms with van der Waals surface area (Å²) in [5.41, 5.74) is 0. The van der Waals surface area contributed by atoms with E-state index in [0.717, 1.165) is 0 Å². The predicted molar refractivity (Wildman–Crippen MR) is 40.1 cm³/mol. The minimum Gasteiger partial charge on any atom is -0.355 e. The molecule has 0 aromatic rings. The van der Waals surface area contributed by atoms with E-state index in [-0.39, 0.29) is 23.9 Å². The van der Waals surface area contributed by atoms with Crippen LogP contribution in [0.3, 0.4) is 0 Å². The molecule has 11 heavy (non-hydrogen) atoms. The van der Waals surface area contributed by atoms with E-state index in [2.05, 4.69) is 0 Å². The third-order valence-electron chi connectivity index (χ3n) is 2.09. The number of hydrogen-bond donors (Lipinski definition) is 0. The van der Waals surface area contributed by atoms with E-state index >= 15 is 0 Å². The van der Waals surface area contributed by atoms with Crippen LogP contribution < -0.4 is 0 Å². The van der Waals surface area contributed by atoms with Crippen molar-refractivity contribution in [2.24, 2.45) is 11.8 Å². The number of carbonyl (C=O) groups excluding carboxylic acids is 1. The molecule has 0 aliphatic carbocycles. The zero-order valence-corrected chi connectivity index (χ0v) is 7.16. The Morgan fingerprint density at radius 1 is 1.55 bits per heavy atom. The summed E-state index contributed by atoms with van der Waals surface area (Å²) in [5, 5.41) is 0. The number of Topliss-reactive ketones (excluding diaryl/α,β-unsaturated/α-hetero) is 1. The first-order valence-electron chi connectivity index (χ1n) is 3.85. The number of rotatable bonds is 1. The lowest BCUT2D eigenvalue weighted by atomic mass is 9.93. The van der Waals surface area contributed by atoms with E-state index in [1.54, 1.807) is 7.11 Å². The molecular weight excluding hydrogens is 144 g/mol. The van der Waals surface area contributed by atoms with Crippen LogP contribution in [0.25, 0.3) is 0 Å². The van der Waals surface area contributed by atoms with Crippen LogP contribution >= 0.6 is 0 Å². The molecule has 0 bridgehead atoms. The molecule has 3 nitrogen and oxygen atoms in total. The van der Waals surface area contributed by atoms with Gasteiger partial charge in [0.25, 0.3) is 0 Å². The Balaban J connectivity index is 2.59. The molecule has 64 valence electrons. The smallest absolute Gasteiger partial charge is 0.166 e. The Morgan fingerprint density at radius 3 is 2.73 bits per heavy atom. The maximum atomic E-state index is 11.3. The first-order chi connectivity index (χ1) is 5.16. The lowest BCUT2D eigenvalue weighted by molar-refractivity contribution is -0.189. The van der Waals surface area contributed by atoms with Gasteiger partial charge in [-0.2, -0.15) is 0 Å². The Morgan fingerprint density at radius 2 is 2.18 bits per heavy atom. The average Bonchev–Trinajstić information content (AvgIpc) is 2.01. The van der Waals surface area contributed by atoms with Crippen molar-refractivity contribution in [3.63, 3.8) is 0 Å². The molecule has 0 N–H and O–H groups in total. The van der Waals surface area contributed by atoms with Gasteiger partial charge in [0.2, 0.25) is 0 Å². The molecule has 1 fully saturated rings. The second-order valence-corrected chi connectivity index (χ2v) is 3.03. The van der Waals surface area contributed by atoms with Gasteiger partial charge in [0, 0.05) is 13.0 Å². The summed E-state index contributed by atoms with van der Waals surface area (Å²) in [6, 6.07) is 0. The summed E-state index contributed by atoms with van der Waals surface area (Å²) in [6.45, 7) is 4.21. The summed E-state index contributed by atoms with van der Waals surface area (Å²) < 4.78 is 10.3. The summed E-state index contributed by atoms with van der Waals surface area (Å²) in [6.07, 6.45) is -0.335. The Kier molecular flexibility index (Phi) is 2.62. The number of methoxy groups -OCH3 is 1. The average molecular weight is 158 g/mol. The van der Waals surface area contributed by atoms with E-state index < -0.39 is 0 Å². The minimum absolute atomic E-state index is 0.0244. The van der Waals surface area contributed by atoms with E-state index in [1.165, 1.54) is 0 Å². The van der Waals surface area contributed by atoms with Gasteiger partial charge in [0.05, 0.1) is 12.5 Å². The molecule has 0 aromatic carbocycles. The molecule has 1 heterocycles. The fraction of sp³-hybridized carbons (Fsp3) is 0.875. The van der Waals surface area contributed by atoms with Gasteiger partial charge in [-0.1, -0.05) is 13.8 Å². The van der Waals surface area contributed by atoms with Crippen LogP contribution in [0.2, 0.25) is 0 Å². The molecule has 1 aliphatic heterocycles. The van der Waals surface area contributed by atoms with Crippen LogP contribution in [-0.2, 0) is 14.3 Å². The highest BCUT2D eigenvalue weighted by Gasteiger charge is 2.33. The molecule has 0 aromatic heterocycles. The zero-order valence-electron chi connectivity index (χ0n) is 7.16. The summed E-state index contributed by atoms with van der Waals surface area (Å²) >= 11 is 0. The first kappa shape index (κ1) is 8.68. The molecule has 1 rings (SSSR count). The van der Waals surface area contributed by atoms with E-state index in [1.807, 2.05) is 13.8 Å². The minimum atomic E-state index is -0.335. The quantitative estimate of drug-likeness (QED) is 0.567. The first-order valence-corrected chi connectivity index (χ1v) is 3.85. The van der Waals surface area contributed by atoms with Crippen LogP contribution in [0.1, 0.15) is 13.8 Å². The maximum Gasteiger partial charge on any atom is 0.166 e. The molecule has 0 spiro atoms. The van der Waals surface area contributed by atoms with Crippen molar-refractivity contribution in [3.05, 3.63) is 0 Å². The third-order valence-corrected chi connectivity index (χ3v) is 2.09. The van der Waals surface area contributed by atoms with Crippen molar-refractivity contribution in [1.29, 1.82) is 0 Å². The van der Waals surface area contributed by atoms with Gasteiger partial charge < -0.3 is 9.47 Å². The predicted octanol–water partition coefficient (Wildman–Crippen LogP) is 0.830. The second-order valence-electron chi connectivity index (χ2n) is 3.03. The largest absolute Gasteiger partial charge is 0.355 e. The Hall–Kier alpha value is -0.410. The lowest BCUT2D eigenvalue weighted by Gasteiger charge is -2.30. The van der Waals surface area contributed by atoms with E-state index in [0.29, 0.717) is 6.61 Å². The Labute approximate surface area is 66.7 Å². The molecule has 1 saturated heterocycles. The third kappa shape index (κ3) is 1.60. The molecule has 1 aliphatic rings. The summed E-state index contributed by atoms with van der Waals surface area (Å²) in [7, 11) is 1.56. The molecule has 3 atom stereocenters. The molecule has 0 amide bonds. The van der Waals surface area contributed by atoms with Crippen molar-refractivity contribution in [2.75, 3.05) is 13.7 Å². The fourth-order valence-corrected chi connectivity index (χ4v) is 1.32. The molecule has 0 radical (unpaired) electrons. The van der Waals surface area contributed by atoms with Gasteiger partial charge in [-0.15, -0.1) is 0 Å². The van der Waals surface area contributed by atoms with Crippen molar-refractivity contribution < 1.29 is 14.3 Å². The van der Waals surface area contributed by atoms with Crippen molar-refractivity contribution in [2.45, 2.75) is 20.1 Å². The van der Waals surface area contributed by atoms with Crippen LogP contribution in [-0.4, -0.2) is 25.8 Å². The monoisotopic (exact) mass is 158 g/mol. The number of carbonyl (C=O) groups is 1. The zero-order chi connectivity index (χ0) is 8.43. The van der Waals surface area contributed by atoms with Crippen LogP contribution in [0.5, 0.6) is 0 Å².